The summed E-state index contributed by atoms with van der Waals surface area (Å²) in [6, 6.07) is 7.43. The monoisotopic (exact) mass is 747 g/mol. The largest absolute Gasteiger partial charge is 0.309 e. The number of para-hydroxylation sites is 4. The quantitative estimate of drug-likeness (QED) is 0.167. The predicted molar refractivity (Wildman–Crippen MR) is 240 cm³/mol. The van der Waals surface area contributed by atoms with Crippen molar-refractivity contribution in [2.45, 2.75) is 0 Å². The summed E-state index contributed by atoms with van der Waals surface area (Å²) in [5.74, 6) is 0. The smallest absolute Gasteiger partial charge is 0.0652 e. The third kappa shape index (κ3) is 4.86. The van der Waals surface area contributed by atoms with Crippen LogP contribution in [0.3, 0.4) is 0 Å². The zero-order valence-corrected chi connectivity index (χ0v) is 29.3. The molecule has 0 unspecified atom stereocenters. The Morgan fingerprint density at radius 2 is 0.649 bits per heavy atom. The van der Waals surface area contributed by atoms with Gasteiger partial charge in [0.15, 0.2) is 0 Å². The maximum Gasteiger partial charge on any atom is 0.0652 e. The Hall–Kier alpha value is -7.62. The zero-order valence-electron chi connectivity index (χ0n) is 51.3. The third-order valence-electron chi connectivity index (χ3n) is 10.2. The molecule has 0 aliphatic heterocycles. The molecule has 0 spiro atoms. The SMILES string of the molecule is [2H]c1c([2H])c([2H])c2c(c1[2H])c1c([2H])c(-n3c4c([2H])c([2H])c([2H])c([2H])c4c4c([2H])c(-n5c6c([2H])c([2H])c([2H])c([2H])c6c6c([2H])c([2H])c([2H])c([2H])c65)c([2H])c([2H])c43)c([2H])c([2H])c1n2-c1cccc(-c2cccc(-c3ccccc3)c2)c1. The highest BCUT2D eigenvalue weighted by Crippen LogP contribution is 2.39. The van der Waals surface area contributed by atoms with E-state index in [1.807, 2.05) is 60.7 Å². The minimum absolute atomic E-state index is 0.172. The fraction of sp³-hybridized carbons (Fsp3) is 0. The first-order chi connectivity index (χ1) is 37.5. The summed E-state index contributed by atoms with van der Waals surface area (Å²) in [5, 5.41) is -2.36. The molecule has 0 aliphatic rings. The van der Waals surface area contributed by atoms with Crippen LogP contribution in [0.5, 0.6) is 0 Å². The lowest BCUT2D eigenvalue weighted by Gasteiger charge is -2.12. The first-order valence-electron chi connectivity index (χ1n) is 28.8. The van der Waals surface area contributed by atoms with Crippen molar-refractivity contribution in [2.24, 2.45) is 0 Å². The lowest BCUT2D eigenvalue weighted by Crippen LogP contribution is -1.97. The molecule has 0 bridgehead atoms. The van der Waals surface area contributed by atoms with E-state index < -0.39 is 188 Å². The van der Waals surface area contributed by atoms with Gasteiger partial charge in [0.05, 0.1) is 63.3 Å². The molecule has 9 aromatic carbocycles. The van der Waals surface area contributed by atoms with Gasteiger partial charge in [0.1, 0.15) is 0 Å². The molecule has 3 heterocycles. The van der Waals surface area contributed by atoms with Gasteiger partial charge in [-0.3, -0.25) is 0 Å². The van der Waals surface area contributed by atoms with E-state index in [-0.39, 0.29) is 27.5 Å². The Morgan fingerprint density at radius 1 is 0.281 bits per heavy atom. The van der Waals surface area contributed by atoms with Crippen LogP contribution in [0.25, 0.3) is 105 Å². The number of rotatable bonds is 5. The van der Waals surface area contributed by atoms with E-state index in [4.69, 9.17) is 16.4 Å². The molecule has 57 heavy (non-hydrogen) atoms. The molecule has 3 aromatic heterocycles. The summed E-state index contributed by atoms with van der Waals surface area (Å²) in [5.41, 5.74) is -0.270. The van der Waals surface area contributed by atoms with Gasteiger partial charge in [-0.15, -0.1) is 0 Å². The van der Waals surface area contributed by atoms with Crippen LogP contribution in [-0.4, -0.2) is 13.7 Å². The molecule has 3 nitrogen and oxygen atoms in total. The molecule has 0 fully saturated rings. The zero-order chi connectivity index (χ0) is 56.6. The second-order valence-corrected chi connectivity index (χ2v) is 13.3. The molecular formula is C54H35N3. The fourth-order valence-corrected chi connectivity index (χ4v) is 7.69. The van der Waals surface area contributed by atoms with Crippen molar-refractivity contribution in [3.8, 4) is 39.3 Å². The number of hydrogen-bond acceptors (Lipinski definition) is 0. The van der Waals surface area contributed by atoms with Gasteiger partial charge in [-0.25, -0.2) is 0 Å². The Labute approximate surface area is 360 Å². The Morgan fingerprint density at radius 3 is 1.16 bits per heavy atom. The molecule has 3 heteroatoms. The van der Waals surface area contributed by atoms with Crippen molar-refractivity contribution < 1.29 is 30.2 Å². The molecule has 266 valence electrons. The number of aromatic nitrogens is 3. The highest BCUT2D eigenvalue weighted by Gasteiger charge is 2.19. The molecule has 0 saturated carbocycles. The van der Waals surface area contributed by atoms with Crippen LogP contribution < -0.4 is 0 Å². The van der Waals surface area contributed by atoms with E-state index >= 15 is 0 Å². The second kappa shape index (κ2) is 12.5. The van der Waals surface area contributed by atoms with Crippen molar-refractivity contribution in [1.29, 1.82) is 0 Å². The Balaban J connectivity index is 1.23. The molecule has 0 amide bonds. The summed E-state index contributed by atoms with van der Waals surface area (Å²) >= 11 is 0. The van der Waals surface area contributed by atoms with E-state index in [2.05, 4.69) is 0 Å². The maximum absolute atomic E-state index is 10.1. The first kappa shape index (κ1) is 17.0. The molecular weight excluding hydrogens is 691 g/mol. The molecule has 0 atom stereocenters. The summed E-state index contributed by atoms with van der Waals surface area (Å²) in [6.07, 6.45) is 0. The van der Waals surface area contributed by atoms with Crippen LogP contribution >= 0.6 is 0 Å². The fourth-order valence-electron chi connectivity index (χ4n) is 7.69. The molecule has 12 aromatic rings. The number of hydrogen-bond donors (Lipinski definition) is 0. The van der Waals surface area contributed by atoms with Crippen molar-refractivity contribution >= 4 is 65.4 Å². The van der Waals surface area contributed by atoms with Crippen LogP contribution in [0.15, 0.2) is 212 Å². The molecule has 0 aliphatic carbocycles. The number of fused-ring (bicyclic) bond motifs is 9. The van der Waals surface area contributed by atoms with Crippen molar-refractivity contribution in [2.75, 3.05) is 0 Å². The van der Waals surface area contributed by atoms with Gasteiger partial charge >= 0.3 is 0 Å². The van der Waals surface area contributed by atoms with E-state index in [1.54, 1.807) is 18.2 Å². The average Bonchev–Trinajstić information content (AvgIpc) is 3.92. The van der Waals surface area contributed by atoms with Gasteiger partial charge in [-0.2, -0.15) is 0 Å². The highest BCUT2D eigenvalue weighted by molar-refractivity contribution is 6.14. The van der Waals surface area contributed by atoms with E-state index in [0.29, 0.717) is 5.56 Å². The standard InChI is InChI=1S/C54H35N3/c1-2-14-36(15-3-1)37-16-12-17-38(32-37)39-18-13-19-40(33-39)55-51-26-10-6-22-45(51)47-35-42(29-30-53(47)55)57-52-27-11-7-23-46(52)48-34-41(28-31-54(48)57)56-49-24-8-4-20-43(49)44-21-5-9-25-50(44)56/h1-35H/i4D,5D,6D,7D,8D,9D,10D,11D,20D,21D,22D,23D,24D,25D,26D,27D,28D,29D,30D,31D,34D,35D. The third-order valence-corrected chi connectivity index (χ3v) is 10.2. The molecule has 0 saturated heterocycles. The second-order valence-electron chi connectivity index (χ2n) is 13.3. The van der Waals surface area contributed by atoms with E-state index in [0.717, 1.165) is 25.8 Å². The molecule has 0 N–H and O–H groups in total. The van der Waals surface area contributed by atoms with E-state index in [1.165, 1.54) is 4.57 Å². The summed E-state index contributed by atoms with van der Waals surface area (Å²) in [7, 11) is 0. The average molecular weight is 748 g/mol. The number of nitrogens with zero attached hydrogens (tertiary/aromatic N) is 3. The minimum Gasteiger partial charge on any atom is -0.309 e. The van der Waals surface area contributed by atoms with Gasteiger partial charge in [-0.1, -0.05) is 133 Å². The van der Waals surface area contributed by atoms with Crippen LogP contribution in [0.1, 0.15) is 30.2 Å². The van der Waals surface area contributed by atoms with Crippen molar-refractivity contribution in [3.63, 3.8) is 0 Å². The van der Waals surface area contributed by atoms with Gasteiger partial charge < -0.3 is 13.7 Å². The molecule has 12 rings (SSSR count). The summed E-state index contributed by atoms with van der Waals surface area (Å²) < 4.78 is 206. The van der Waals surface area contributed by atoms with Gasteiger partial charge in [0.25, 0.3) is 0 Å². The summed E-state index contributed by atoms with van der Waals surface area (Å²) in [4.78, 5) is 0. The van der Waals surface area contributed by atoms with Gasteiger partial charge in [0.2, 0.25) is 0 Å². The number of benzene rings is 9. The topological polar surface area (TPSA) is 14.8 Å². The van der Waals surface area contributed by atoms with Crippen LogP contribution in [0.2, 0.25) is 0 Å². The molecule has 0 radical (unpaired) electrons. The highest BCUT2D eigenvalue weighted by atomic mass is 15.0. The summed E-state index contributed by atoms with van der Waals surface area (Å²) in [6.45, 7) is 0. The maximum atomic E-state index is 10.1. The van der Waals surface area contributed by atoms with Crippen molar-refractivity contribution in [1.82, 2.24) is 13.7 Å². The minimum atomic E-state index is -0.930. The predicted octanol–water partition coefficient (Wildman–Crippen LogP) is 14.3. The van der Waals surface area contributed by atoms with Crippen LogP contribution in [0.4, 0.5) is 0 Å². The lowest BCUT2D eigenvalue weighted by atomic mass is 9.99. The van der Waals surface area contributed by atoms with Gasteiger partial charge in [-0.05, 0) is 101 Å². The van der Waals surface area contributed by atoms with Crippen LogP contribution in [-0.2, 0) is 0 Å². The Kier molecular flexibility index (Phi) is 3.72. The lowest BCUT2D eigenvalue weighted by molar-refractivity contribution is 1.16. The van der Waals surface area contributed by atoms with Gasteiger partial charge in [0, 0.05) is 49.4 Å². The Bertz CT molecular complexity index is 4730. The van der Waals surface area contributed by atoms with Crippen LogP contribution in [0, 0.1) is 0 Å². The first-order valence-corrected chi connectivity index (χ1v) is 17.8. The normalized spacial score (nSPS) is 17.3. The van der Waals surface area contributed by atoms with E-state index in [9.17, 15) is 13.7 Å². The van der Waals surface area contributed by atoms with Crippen molar-refractivity contribution in [3.05, 3.63) is 212 Å².